The zero-order chi connectivity index (χ0) is 12.3. The molecule has 1 aromatic carbocycles. The molecule has 1 aliphatic carbocycles. The van der Waals surface area contributed by atoms with Crippen LogP contribution in [0.25, 0.3) is 0 Å². The van der Waals surface area contributed by atoms with Crippen LogP contribution in [0.3, 0.4) is 0 Å². The molecule has 17 heavy (non-hydrogen) atoms. The molecule has 1 saturated carbocycles. The molecule has 2 rings (SSSR count). The smallest absolute Gasteiger partial charge is 0.123 e. The van der Waals surface area contributed by atoms with Gasteiger partial charge in [-0.3, -0.25) is 0 Å². The molecule has 2 heteroatoms. The Kier molecular flexibility index (Phi) is 4.61. The van der Waals surface area contributed by atoms with Crippen LogP contribution in [-0.4, -0.2) is 4.83 Å². The minimum atomic E-state index is -0.106. The van der Waals surface area contributed by atoms with Gasteiger partial charge in [-0.15, -0.1) is 0 Å². The summed E-state index contributed by atoms with van der Waals surface area (Å²) in [5.41, 5.74) is 2.40. The molecule has 0 aliphatic heterocycles. The Morgan fingerprint density at radius 3 is 2.82 bits per heavy atom. The molecule has 0 nitrogen and oxygen atoms in total. The average molecular weight is 299 g/mol. The van der Waals surface area contributed by atoms with E-state index in [2.05, 4.69) is 22.9 Å². The van der Waals surface area contributed by atoms with Gasteiger partial charge in [-0.25, -0.2) is 4.39 Å². The van der Waals surface area contributed by atoms with Gasteiger partial charge in [-0.2, -0.15) is 0 Å². The topological polar surface area (TPSA) is 0 Å². The molecule has 0 amide bonds. The van der Waals surface area contributed by atoms with E-state index in [4.69, 9.17) is 0 Å². The Bertz CT molecular complexity index is 375. The highest BCUT2D eigenvalue weighted by atomic mass is 79.9. The van der Waals surface area contributed by atoms with Gasteiger partial charge in [-0.1, -0.05) is 41.3 Å². The number of halogens is 2. The molecule has 0 bridgehead atoms. The highest BCUT2D eigenvalue weighted by molar-refractivity contribution is 9.09. The van der Waals surface area contributed by atoms with E-state index in [1.54, 1.807) is 12.1 Å². The maximum Gasteiger partial charge on any atom is 0.123 e. The quantitative estimate of drug-likeness (QED) is 0.531. The van der Waals surface area contributed by atoms with Crippen molar-refractivity contribution in [2.75, 3.05) is 0 Å². The molecule has 1 fully saturated rings. The van der Waals surface area contributed by atoms with E-state index in [0.717, 1.165) is 6.42 Å². The van der Waals surface area contributed by atoms with Gasteiger partial charge >= 0.3 is 0 Å². The van der Waals surface area contributed by atoms with Crippen LogP contribution in [0.5, 0.6) is 0 Å². The number of benzene rings is 1. The second-order valence-electron chi connectivity index (χ2n) is 5.19. The molecule has 2 unspecified atom stereocenters. The largest absolute Gasteiger partial charge is 0.207 e. The van der Waals surface area contributed by atoms with Crippen LogP contribution in [0.15, 0.2) is 18.2 Å². The normalized spacial score (nSPS) is 25.6. The fourth-order valence-electron chi connectivity index (χ4n) is 2.71. The number of rotatable bonds is 2. The molecule has 0 aromatic heterocycles. The molecule has 0 radical (unpaired) electrons. The van der Waals surface area contributed by atoms with Crippen LogP contribution in [-0.2, 0) is 6.42 Å². The first-order chi connectivity index (χ1) is 8.16. The zero-order valence-electron chi connectivity index (χ0n) is 10.4. The van der Waals surface area contributed by atoms with Crippen molar-refractivity contribution >= 4 is 15.9 Å². The fraction of sp³-hybridized carbons (Fsp3) is 0.600. The summed E-state index contributed by atoms with van der Waals surface area (Å²) in [7, 11) is 0. The zero-order valence-corrected chi connectivity index (χ0v) is 12.0. The van der Waals surface area contributed by atoms with Crippen LogP contribution in [0, 0.1) is 18.7 Å². The molecule has 94 valence electrons. The first-order valence-electron chi connectivity index (χ1n) is 6.56. The monoisotopic (exact) mass is 298 g/mol. The van der Waals surface area contributed by atoms with E-state index in [0.29, 0.717) is 10.7 Å². The second-order valence-corrected chi connectivity index (χ2v) is 6.37. The van der Waals surface area contributed by atoms with Crippen LogP contribution in [0.4, 0.5) is 4.39 Å². The lowest BCUT2D eigenvalue weighted by molar-refractivity contribution is 0.473. The molecule has 1 aromatic rings. The van der Waals surface area contributed by atoms with Crippen molar-refractivity contribution in [3.63, 3.8) is 0 Å². The second kappa shape index (κ2) is 5.99. The van der Waals surface area contributed by atoms with E-state index in [1.165, 1.54) is 43.2 Å². The van der Waals surface area contributed by atoms with E-state index in [1.807, 2.05) is 6.07 Å². The highest BCUT2D eigenvalue weighted by Gasteiger charge is 2.22. The third-order valence-electron chi connectivity index (χ3n) is 3.86. The lowest BCUT2D eigenvalue weighted by Gasteiger charge is -2.21. The maximum atomic E-state index is 13.3. The molecule has 2 atom stereocenters. The van der Waals surface area contributed by atoms with Crippen molar-refractivity contribution in [2.24, 2.45) is 5.92 Å². The first-order valence-corrected chi connectivity index (χ1v) is 7.47. The van der Waals surface area contributed by atoms with Gasteiger partial charge in [0.15, 0.2) is 0 Å². The summed E-state index contributed by atoms with van der Waals surface area (Å²) in [5, 5.41) is 0. The van der Waals surface area contributed by atoms with Gasteiger partial charge in [0.2, 0.25) is 0 Å². The number of hydrogen-bond acceptors (Lipinski definition) is 0. The van der Waals surface area contributed by atoms with Crippen LogP contribution in [0.1, 0.15) is 43.2 Å². The lowest BCUT2D eigenvalue weighted by atomic mass is 9.90. The Morgan fingerprint density at radius 1 is 1.24 bits per heavy atom. The Labute approximate surface area is 112 Å². The first kappa shape index (κ1) is 13.1. The van der Waals surface area contributed by atoms with Crippen molar-refractivity contribution in [1.29, 1.82) is 0 Å². The van der Waals surface area contributed by atoms with Gasteiger partial charge in [-0.05, 0) is 55.4 Å². The standard InChI is InChI=1S/C15H20BrF/c1-11-7-8-14(17)10-13(11)9-12-5-3-2-4-6-15(12)16/h7-8,10,12,15H,2-6,9H2,1H3. The van der Waals surface area contributed by atoms with E-state index >= 15 is 0 Å². The Balaban J connectivity index is 2.10. The predicted molar refractivity (Wildman–Crippen MR) is 74.1 cm³/mol. The summed E-state index contributed by atoms with van der Waals surface area (Å²) >= 11 is 3.81. The number of hydrogen-bond donors (Lipinski definition) is 0. The van der Waals surface area contributed by atoms with Crippen LogP contribution in [0.2, 0.25) is 0 Å². The van der Waals surface area contributed by atoms with Crippen molar-refractivity contribution in [3.8, 4) is 0 Å². The van der Waals surface area contributed by atoms with Crippen molar-refractivity contribution in [3.05, 3.63) is 35.1 Å². The van der Waals surface area contributed by atoms with Crippen LogP contribution < -0.4 is 0 Å². The summed E-state index contributed by atoms with van der Waals surface area (Å²) in [4.78, 5) is 0.604. The predicted octanol–water partition coefficient (Wildman–Crippen LogP) is 5.02. The van der Waals surface area contributed by atoms with Gasteiger partial charge in [0.1, 0.15) is 5.82 Å². The SMILES string of the molecule is Cc1ccc(F)cc1CC1CCCCCC1Br. The van der Waals surface area contributed by atoms with E-state index in [9.17, 15) is 4.39 Å². The summed E-state index contributed by atoms with van der Waals surface area (Å²) in [5.74, 6) is 0.559. The minimum Gasteiger partial charge on any atom is -0.207 e. The van der Waals surface area contributed by atoms with E-state index in [-0.39, 0.29) is 5.82 Å². The molecule has 0 N–H and O–H groups in total. The van der Waals surface area contributed by atoms with Crippen molar-refractivity contribution < 1.29 is 4.39 Å². The molecule has 1 aliphatic rings. The Morgan fingerprint density at radius 2 is 2.00 bits per heavy atom. The van der Waals surface area contributed by atoms with Crippen molar-refractivity contribution in [1.82, 2.24) is 0 Å². The maximum absolute atomic E-state index is 13.3. The number of aryl methyl sites for hydroxylation is 1. The summed E-state index contributed by atoms with van der Waals surface area (Å²) < 4.78 is 13.3. The molecular formula is C15H20BrF. The number of alkyl halides is 1. The van der Waals surface area contributed by atoms with Crippen molar-refractivity contribution in [2.45, 2.75) is 50.3 Å². The molecule has 0 heterocycles. The summed E-state index contributed by atoms with van der Waals surface area (Å²) in [6.45, 7) is 2.08. The van der Waals surface area contributed by atoms with Gasteiger partial charge < -0.3 is 0 Å². The minimum absolute atomic E-state index is 0.106. The molecular weight excluding hydrogens is 279 g/mol. The van der Waals surface area contributed by atoms with Gasteiger partial charge in [0.25, 0.3) is 0 Å². The average Bonchev–Trinajstić information content (AvgIpc) is 2.50. The third kappa shape index (κ3) is 3.54. The lowest BCUT2D eigenvalue weighted by Crippen LogP contribution is -2.16. The van der Waals surface area contributed by atoms with Crippen LogP contribution >= 0.6 is 15.9 Å². The van der Waals surface area contributed by atoms with E-state index < -0.39 is 0 Å². The third-order valence-corrected chi connectivity index (χ3v) is 5.07. The van der Waals surface area contributed by atoms with Gasteiger partial charge in [0.05, 0.1) is 0 Å². The molecule has 0 saturated heterocycles. The molecule has 0 spiro atoms. The summed E-state index contributed by atoms with van der Waals surface area (Å²) in [6, 6.07) is 5.15. The highest BCUT2D eigenvalue weighted by Crippen LogP contribution is 2.32. The summed E-state index contributed by atoms with van der Waals surface area (Å²) in [6.07, 6.45) is 7.54. The Hall–Kier alpha value is -0.370. The fourth-order valence-corrected chi connectivity index (χ4v) is 3.49. The van der Waals surface area contributed by atoms with Gasteiger partial charge in [0, 0.05) is 4.83 Å².